The van der Waals surface area contributed by atoms with Crippen molar-refractivity contribution in [1.29, 1.82) is 0 Å². The summed E-state index contributed by atoms with van der Waals surface area (Å²) < 4.78 is 13.2. The van der Waals surface area contributed by atoms with E-state index in [1.54, 1.807) is 24.3 Å². The predicted molar refractivity (Wildman–Crippen MR) is 74.5 cm³/mol. The third-order valence-corrected chi connectivity index (χ3v) is 3.28. The van der Waals surface area contributed by atoms with Crippen molar-refractivity contribution in [3.05, 3.63) is 65.0 Å². The number of phenolic OH excluding ortho intramolecular Hbond substituents is 1. The van der Waals surface area contributed by atoms with E-state index in [1.807, 2.05) is 26.0 Å². The van der Waals surface area contributed by atoms with E-state index in [0.29, 0.717) is 6.54 Å². The largest absolute Gasteiger partial charge is 0.508 e. The predicted octanol–water partition coefficient (Wildman–Crippen LogP) is 3.69. The van der Waals surface area contributed by atoms with Gasteiger partial charge in [0.2, 0.25) is 0 Å². The van der Waals surface area contributed by atoms with Crippen LogP contribution < -0.4 is 5.32 Å². The normalized spacial score (nSPS) is 12.4. The molecule has 2 rings (SSSR count). The van der Waals surface area contributed by atoms with Gasteiger partial charge in [-0.05, 0) is 54.8 Å². The fourth-order valence-corrected chi connectivity index (χ4v) is 2.01. The van der Waals surface area contributed by atoms with Crippen molar-refractivity contribution in [3.8, 4) is 5.75 Å². The minimum atomic E-state index is -0.215. The Morgan fingerprint density at radius 1 is 1.21 bits per heavy atom. The zero-order valence-corrected chi connectivity index (χ0v) is 11.2. The number of aromatic hydroxyl groups is 1. The van der Waals surface area contributed by atoms with Gasteiger partial charge in [-0.15, -0.1) is 0 Å². The van der Waals surface area contributed by atoms with Crippen LogP contribution in [0.5, 0.6) is 5.75 Å². The van der Waals surface area contributed by atoms with Crippen molar-refractivity contribution in [3.63, 3.8) is 0 Å². The first-order valence-corrected chi connectivity index (χ1v) is 6.33. The first-order chi connectivity index (χ1) is 9.06. The van der Waals surface area contributed by atoms with Crippen LogP contribution in [0.15, 0.2) is 42.5 Å². The summed E-state index contributed by atoms with van der Waals surface area (Å²) in [5, 5.41) is 12.8. The Labute approximate surface area is 112 Å². The highest BCUT2D eigenvalue weighted by atomic mass is 19.1. The van der Waals surface area contributed by atoms with Crippen LogP contribution in [0, 0.1) is 12.7 Å². The number of phenols is 1. The van der Waals surface area contributed by atoms with Gasteiger partial charge in [-0.1, -0.05) is 18.2 Å². The van der Waals surface area contributed by atoms with E-state index in [1.165, 1.54) is 6.07 Å². The molecule has 2 N–H and O–H groups in total. The highest BCUT2D eigenvalue weighted by Crippen LogP contribution is 2.19. The molecule has 0 aliphatic carbocycles. The lowest BCUT2D eigenvalue weighted by Crippen LogP contribution is -2.18. The van der Waals surface area contributed by atoms with Crippen LogP contribution in [0.2, 0.25) is 0 Å². The van der Waals surface area contributed by atoms with E-state index < -0.39 is 0 Å². The van der Waals surface area contributed by atoms with Gasteiger partial charge in [-0.2, -0.15) is 0 Å². The Bertz CT molecular complexity index is 568. The fourth-order valence-electron chi connectivity index (χ4n) is 2.01. The molecule has 0 amide bonds. The van der Waals surface area contributed by atoms with Gasteiger partial charge in [-0.25, -0.2) is 4.39 Å². The molecule has 3 heteroatoms. The summed E-state index contributed by atoms with van der Waals surface area (Å²) in [7, 11) is 0. The van der Waals surface area contributed by atoms with Gasteiger partial charge in [-0.3, -0.25) is 0 Å². The van der Waals surface area contributed by atoms with Crippen molar-refractivity contribution < 1.29 is 9.50 Å². The van der Waals surface area contributed by atoms with Crippen LogP contribution in [0.4, 0.5) is 4.39 Å². The van der Waals surface area contributed by atoms with Crippen LogP contribution in [0.1, 0.15) is 29.7 Å². The van der Waals surface area contributed by atoms with Gasteiger partial charge in [0.15, 0.2) is 0 Å². The zero-order valence-electron chi connectivity index (χ0n) is 11.2. The Kier molecular flexibility index (Phi) is 4.17. The first kappa shape index (κ1) is 13.6. The van der Waals surface area contributed by atoms with E-state index in [9.17, 15) is 9.50 Å². The van der Waals surface area contributed by atoms with E-state index in [2.05, 4.69) is 5.32 Å². The summed E-state index contributed by atoms with van der Waals surface area (Å²) in [5.41, 5.74) is 3.03. The summed E-state index contributed by atoms with van der Waals surface area (Å²) in [6.45, 7) is 4.58. The summed E-state index contributed by atoms with van der Waals surface area (Å²) in [4.78, 5) is 0. The quantitative estimate of drug-likeness (QED) is 0.877. The maximum Gasteiger partial charge on any atom is 0.123 e. The van der Waals surface area contributed by atoms with Crippen molar-refractivity contribution in [2.75, 3.05) is 0 Å². The maximum absolute atomic E-state index is 13.2. The lowest BCUT2D eigenvalue weighted by molar-refractivity contribution is 0.472. The lowest BCUT2D eigenvalue weighted by Gasteiger charge is -2.15. The molecule has 2 aromatic rings. The second-order valence-electron chi connectivity index (χ2n) is 4.77. The van der Waals surface area contributed by atoms with Gasteiger partial charge < -0.3 is 10.4 Å². The Balaban J connectivity index is 2.04. The summed E-state index contributed by atoms with van der Waals surface area (Å²) >= 11 is 0. The summed E-state index contributed by atoms with van der Waals surface area (Å²) in [6.07, 6.45) is 0. The number of hydrogen-bond acceptors (Lipinski definition) is 2. The monoisotopic (exact) mass is 259 g/mol. The molecule has 0 heterocycles. The van der Waals surface area contributed by atoms with Crippen molar-refractivity contribution >= 4 is 0 Å². The SMILES string of the molecule is Cc1ccc(F)cc1CNC(C)c1cccc(O)c1. The third kappa shape index (κ3) is 3.55. The molecule has 0 spiro atoms. The van der Waals surface area contributed by atoms with Gasteiger partial charge in [0.1, 0.15) is 11.6 Å². The number of hydrogen-bond donors (Lipinski definition) is 2. The number of aryl methyl sites for hydroxylation is 1. The van der Waals surface area contributed by atoms with Gasteiger partial charge in [0.25, 0.3) is 0 Å². The van der Waals surface area contributed by atoms with E-state index in [-0.39, 0.29) is 17.6 Å². The van der Waals surface area contributed by atoms with Gasteiger partial charge in [0.05, 0.1) is 0 Å². The maximum atomic E-state index is 13.2. The highest BCUT2D eigenvalue weighted by Gasteiger charge is 2.07. The van der Waals surface area contributed by atoms with Gasteiger partial charge >= 0.3 is 0 Å². The number of nitrogens with one attached hydrogen (secondary N) is 1. The van der Waals surface area contributed by atoms with Crippen molar-refractivity contribution in [1.82, 2.24) is 5.32 Å². The smallest absolute Gasteiger partial charge is 0.123 e. The lowest BCUT2D eigenvalue weighted by atomic mass is 10.1. The molecule has 0 aliphatic rings. The van der Waals surface area contributed by atoms with Crippen LogP contribution in [0.25, 0.3) is 0 Å². The van der Waals surface area contributed by atoms with Crippen LogP contribution >= 0.6 is 0 Å². The van der Waals surface area contributed by atoms with E-state index in [0.717, 1.165) is 16.7 Å². The molecule has 0 aromatic heterocycles. The van der Waals surface area contributed by atoms with E-state index >= 15 is 0 Å². The molecule has 0 saturated heterocycles. The molecule has 19 heavy (non-hydrogen) atoms. The molecule has 0 saturated carbocycles. The second kappa shape index (κ2) is 5.85. The van der Waals surface area contributed by atoms with Crippen molar-refractivity contribution in [2.24, 2.45) is 0 Å². The zero-order chi connectivity index (χ0) is 13.8. The summed E-state index contributed by atoms with van der Waals surface area (Å²) in [5.74, 6) is 0.0421. The molecule has 1 atom stereocenters. The van der Waals surface area contributed by atoms with Crippen LogP contribution in [-0.4, -0.2) is 5.11 Å². The third-order valence-electron chi connectivity index (χ3n) is 3.28. The molecule has 0 bridgehead atoms. The molecule has 2 nitrogen and oxygen atoms in total. The number of benzene rings is 2. The Morgan fingerprint density at radius 2 is 2.00 bits per heavy atom. The van der Waals surface area contributed by atoms with Crippen molar-refractivity contribution in [2.45, 2.75) is 26.4 Å². The van der Waals surface area contributed by atoms with E-state index in [4.69, 9.17) is 0 Å². The van der Waals surface area contributed by atoms with Crippen LogP contribution in [0.3, 0.4) is 0 Å². The molecule has 1 unspecified atom stereocenters. The number of rotatable bonds is 4. The molecule has 0 radical (unpaired) electrons. The molecule has 2 aromatic carbocycles. The average Bonchev–Trinajstić information content (AvgIpc) is 2.39. The minimum Gasteiger partial charge on any atom is -0.508 e. The first-order valence-electron chi connectivity index (χ1n) is 6.33. The minimum absolute atomic E-state index is 0.0924. The Hall–Kier alpha value is -1.87. The Morgan fingerprint density at radius 3 is 2.74 bits per heavy atom. The number of halogens is 1. The molecule has 0 fully saturated rings. The fraction of sp³-hybridized carbons (Fsp3) is 0.250. The standard InChI is InChI=1S/C16H18FNO/c1-11-6-7-15(17)8-14(11)10-18-12(2)13-4-3-5-16(19)9-13/h3-9,12,18-19H,10H2,1-2H3. The van der Waals surface area contributed by atoms with Crippen LogP contribution in [-0.2, 0) is 6.54 Å². The molecule has 100 valence electrons. The topological polar surface area (TPSA) is 32.3 Å². The molecular weight excluding hydrogens is 241 g/mol. The molecule has 0 aliphatic heterocycles. The average molecular weight is 259 g/mol. The summed E-state index contributed by atoms with van der Waals surface area (Å²) in [6, 6.07) is 12.0. The molecular formula is C16H18FNO. The second-order valence-corrected chi connectivity index (χ2v) is 4.77. The highest BCUT2D eigenvalue weighted by molar-refractivity contribution is 5.30. The van der Waals surface area contributed by atoms with Gasteiger partial charge in [0, 0.05) is 12.6 Å².